The minimum Gasteiger partial charge on any atom is -0.480 e. The number of carbonyl (C=O) groups excluding carboxylic acids is 1. The van der Waals surface area contributed by atoms with Crippen LogP contribution in [0.4, 0.5) is 0 Å². The fraction of sp³-hybridized carbons (Fsp3) is 0.273. The van der Waals surface area contributed by atoms with Crippen LogP contribution in [0.25, 0.3) is 0 Å². The first kappa shape index (κ1) is 12.2. The highest BCUT2D eigenvalue weighted by Gasteiger charge is 2.15. The predicted molar refractivity (Wildman–Crippen MR) is 59.1 cm³/mol. The minimum atomic E-state index is -0.924. The molecule has 86 valence electrons. The number of aliphatic carboxylic acids is 1. The van der Waals surface area contributed by atoms with E-state index < -0.39 is 17.9 Å². The molecule has 0 aliphatic carbocycles. The number of carboxylic acid groups (broad SMARTS) is 1. The van der Waals surface area contributed by atoms with E-state index in [0.29, 0.717) is 12.0 Å². The lowest BCUT2D eigenvalue weighted by molar-refractivity contribution is -0.139. The first-order valence-corrected chi connectivity index (χ1v) is 4.83. The van der Waals surface area contributed by atoms with E-state index in [2.05, 4.69) is 5.32 Å². The van der Waals surface area contributed by atoms with Gasteiger partial charge < -0.3 is 16.2 Å². The number of hydrogen-bond acceptors (Lipinski definition) is 3. The summed E-state index contributed by atoms with van der Waals surface area (Å²) in [4.78, 5) is 21.7. The van der Waals surface area contributed by atoms with Crippen molar-refractivity contribution in [3.05, 3.63) is 35.4 Å². The molecule has 0 radical (unpaired) electrons. The van der Waals surface area contributed by atoms with Crippen molar-refractivity contribution in [1.82, 2.24) is 5.32 Å². The first-order valence-electron chi connectivity index (χ1n) is 4.83. The number of hydrogen-bond donors (Lipinski definition) is 3. The third kappa shape index (κ3) is 3.06. The van der Waals surface area contributed by atoms with E-state index in [1.165, 1.54) is 0 Å². The predicted octanol–water partition coefficient (Wildman–Crippen LogP) is 0.000600. The van der Waals surface area contributed by atoms with Gasteiger partial charge in [0.25, 0.3) is 0 Å². The Morgan fingerprint density at radius 3 is 2.69 bits per heavy atom. The molecule has 4 N–H and O–H groups in total. The molecule has 0 saturated heterocycles. The topological polar surface area (TPSA) is 92.4 Å². The summed E-state index contributed by atoms with van der Waals surface area (Å²) in [5.41, 5.74) is 6.28. The van der Waals surface area contributed by atoms with Crippen molar-refractivity contribution >= 4 is 11.9 Å². The largest absolute Gasteiger partial charge is 0.480 e. The van der Waals surface area contributed by atoms with Crippen LogP contribution >= 0.6 is 0 Å². The summed E-state index contributed by atoms with van der Waals surface area (Å²) in [6, 6.07) is 5.99. The molecule has 0 aliphatic rings. The molecule has 1 aromatic carbocycles. The van der Waals surface area contributed by atoms with Crippen LogP contribution < -0.4 is 11.1 Å². The number of carboxylic acids is 1. The number of nitrogens with two attached hydrogens (primary N) is 1. The summed E-state index contributed by atoms with van der Waals surface area (Å²) >= 11 is 0. The Hall–Kier alpha value is -1.88. The van der Waals surface area contributed by atoms with E-state index in [1.807, 2.05) is 0 Å². The third-order valence-corrected chi connectivity index (χ3v) is 2.30. The molecule has 1 atom stereocenters. The third-order valence-electron chi connectivity index (χ3n) is 2.30. The molecular weight excluding hydrogens is 208 g/mol. The molecular formula is C11H14N2O3. The van der Waals surface area contributed by atoms with Gasteiger partial charge in [0, 0.05) is 5.56 Å². The summed E-state index contributed by atoms with van der Waals surface area (Å²) in [7, 11) is 1.58. The van der Waals surface area contributed by atoms with Gasteiger partial charge in [0.1, 0.15) is 6.04 Å². The van der Waals surface area contributed by atoms with E-state index in [1.54, 1.807) is 31.3 Å². The van der Waals surface area contributed by atoms with E-state index >= 15 is 0 Å². The zero-order valence-electron chi connectivity index (χ0n) is 8.93. The number of likely N-dealkylation sites (N-methyl/N-ethyl adjacent to an activating group) is 1. The summed E-state index contributed by atoms with van der Waals surface area (Å²) < 4.78 is 0. The fourth-order valence-corrected chi connectivity index (χ4v) is 1.40. The van der Waals surface area contributed by atoms with Crippen LogP contribution in [0.3, 0.4) is 0 Å². The molecule has 0 aromatic heterocycles. The van der Waals surface area contributed by atoms with Crippen molar-refractivity contribution in [2.45, 2.75) is 12.5 Å². The lowest BCUT2D eigenvalue weighted by atomic mass is 10.0. The van der Waals surface area contributed by atoms with Crippen LogP contribution in [0.2, 0.25) is 0 Å². The maximum absolute atomic E-state index is 10.9. The van der Waals surface area contributed by atoms with Gasteiger partial charge in [-0.05, 0) is 31.2 Å². The van der Waals surface area contributed by atoms with Gasteiger partial charge in [-0.3, -0.25) is 9.59 Å². The fourth-order valence-electron chi connectivity index (χ4n) is 1.40. The molecule has 0 spiro atoms. The normalized spacial score (nSPS) is 12.1. The Morgan fingerprint density at radius 2 is 2.19 bits per heavy atom. The van der Waals surface area contributed by atoms with Gasteiger partial charge >= 0.3 is 5.97 Å². The molecule has 1 aromatic rings. The van der Waals surface area contributed by atoms with Crippen molar-refractivity contribution in [2.24, 2.45) is 5.73 Å². The van der Waals surface area contributed by atoms with Crippen LogP contribution in [-0.2, 0) is 11.2 Å². The average molecular weight is 222 g/mol. The quantitative estimate of drug-likeness (QED) is 0.653. The minimum absolute atomic E-state index is 0.312. The standard InChI is InChI=1S/C11H14N2O3/c1-13-9(11(15)16)6-7-3-2-4-8(5-7)10(12)14/h2-5,9,13H,6H2,1H3,(H2,12,14)(H,15,16)/t9-/m0/s1. The molecule has 0 aliphatic heterocycles. The number of carbonyl (C=O) groups is 2. The van der Waals surface area contributed by atoms with E-state index in [-0.39, 0.29) is 0 Å². The van der Waals surface area contributed by atoms with Gasteiger partial charge in [-0.25, -0.2) is 0 Å². The maximum atomic E-state index is 10.9. The second-order valence-corrected chi connectivity index (χ2v) is 3.45. The highest BCUT2D eigenvalue weighted by molar-refractivity contribution is 5.92. The van der Waals surface area contributed by atoms with Gasteiger partial charge in [0.2, 0.25) is 5.91 Å². The molecule has 0 heterocycles. The number of nitrogens with one attached hydrogen (secondary N) is 1. The highest BCUT2D eigenvalue weighted by atomic mass is 16.4. The molecule has 1 amide bonds. The van der Waals surface area contributed by atoms with E-state index in [4.69, 9.17) is 10.8 Å². The molecule has 16 heavy (non-hydrogen) atoms. The number of amides is 1. The zero-order chi connectivity index (χ0) is 12.1. The van der Waals surface area contributed by atoms with Crippen LogP contribution in [-0.4, -0.2) is 30.1 Å². The Labute approximate surface area is 93.3 Å². The SMILES string of the molecule is CN[C@@H](Cc1cccc(C(N)=O)c1)C(=O)O. The van der Waals surface area contributed by atoms with Gasteiger partial charge in [-0.15, -0.1) is 0 Å². The second-order valence-electron chi connectivity index (χ2n) is 3.45. The molecule has 0 fully saturated rings. The summed E-state index contributed by atoms with van der Waals surface area (Å²) in [5.74, 6) is -1.44. The number of primary amides is 1. The average Bonchev–Trinajstić information content (AvgIpc) is 2.25. The molecule has 5 heteroatoms. The van der Waals surface area contributed by atoms with E-state index in [0.717, 1.165) is 5.56 Å². The van der Waals surface area contributed by atoms with Crippen molar-refractivity contribution < 1.29 is 14.7 Å². The monoisotopic (exact) mass is 222 g/mol. The maximum Gasteiger partial charge on any atom is 0.321 e. The van der Waals surface area contributed by atoms with Gasteiger partial charge in [0.05, 0.1) is 0 Å². The second kappa shape index (κ2) is 5.27. The lowest BCUT2D eigenvalue weighted by Crippen LogP contribution is -2.35. The number of benzene rings is 1. The molecule has 5 nitrogen and oxygen atoms in total. The Morgan fingerprint density at radius 1 is 1.50 bits per heavy atom. The molecule has 1 rings (SSSR count). The lowest BCUT2D eigenvalue weighted by Gasteiger charge is -2.11. The van der Waals surface area contributed by atoms with Crippen molar-refractivity contribution in [2.75, 3.05) is 7.05 Å². The highest BCUT2D eigenvalue weighted by Crippen LogP contribution is 2.07. The smallest absolute Gasteiger partial charge is 0.321 e. The van der Waals surface area contributed by atoms with Crippen LogP contribution in [0.5, 0.6) is 0 Å². The first-order chi connectivity index (χ1) is 7.54. The Bertz CT molecular complexity index is 404. The Kier molecular flexibility index (Phi) is 4.02. The van der Waals surface area contributed by atoms with Crippen molar-refractivity contribution in [3.63, 3.8) is 0 Å². The van der Waals surface area contributed by atoms with Crippen LogP contribution in [0, 0.1) is 0 Å². The van der Waals surface area contributed by atoms with Crippen LogP contribution in [0.15, 0.2) is 24.3 Å². The van der Waals surface area contributed by atoms with Gasteiger partial charge in [-0.2, -0.15) is 0 Å². The molecule has 0 unspecified atom stereocenters. The number of rotatable bonds is 5. The van der Waals surface area contributed by atoms with Crippen molar-refractivity contribution in [3.8, 4) is 0 Å². The Balaban J connectivity index is 2.84. The zero-order valence-corrected chi connectivity index (χ0v) is 8.93. The van der Waals surface area contributed by atoms with Crippen molar-refractivity contribution in [1.29, 1.82) is 0 Å². The van der Waals surface area contributed by atoms with E-state index in [9.17, 15) is 9.59 Å². The van der Waals surface area contributed by atoms with Crippen LogP contribution in [0.1, 0.15) is 15.9 Å². The molecule has 0 bridgehead atoms. The van der Waals surface area contributed by atoms with Gasteiger partial charge in [0.15, 0.2) is 0 Å². The summed E-state index contributed by atoms with van der Waals surface area (Å²) in [5, 5.41) is 11.5. The summed E-state index contributed by atoms with van der Waals surface area (Å²) in [6.07, 6.45) is 0.312. The molecule has 0 saturated carbocycles. The summed E-state index contributed by atoms with van der Waals surface area (Å²) in [6.45, 7) is 0. The van der Waals surface area contributed by atoms with Gasteiger partial charge in [-0.1, -0.05) is 12.1 Å².